The van der Waals surface area contributed by atoms with Gasteiger partial charge in [-0.05, 0) is 31.7 Å². The third-order valence-corrected chi connectivity index (χ3v) is 2.29. The standard InChI is InChI=1S/C13H24N2O/c1-3-5-6-8-13(9-7-10-14)15(4-2)11-12-16/h5-7,9-10,16H,3-4,8,11-12,14H2,1-2H3/b6-5-,10-7+,13-9+. The molecule has 0 aromatic rings. The predicted octanol–water partition coefficient (Wildman–Crippen LogP) is 2.01. The van der Waals surface area contributed by atoms with Crippen molar-refractivity contribution < 1.29 is 5.11 Å². The van der Waals surface area contributed by atoms with Crippen molar-refractivity contribution in [3.8, 4) is 0 Å². The lowest BCUT2D eigenvalue weighted by Gasteiger charge is -2.24. The van der Waals surface area contributed by atoms with Gasteiger partial charge >= 0.3 is 0 Å². The average Bonchev–Trinajstić information content (AvgIpc) is 2.31. The van der Waals surface area contributed by atoms with Crippen LogP contribution in [0.5, 0.6) is 0 Å². The van der Waals surface area contributed by atoms with Crippen molar-refractivity contribution in [3.05, 3.63) is 36.2 Å². The number of aliphatic hydroxyl groups is 1. The minimum absolute atomic E-state index is 0.176. The highest BCUT2D eigenvalue weighted by Crippen LogP contribution is 2.10. The summed E-state index contributed by atoms with van der Waals surface area (Å²) in [7, 11) is 0. The second-order valence-electron chi connectivity index (χ2n) is 3.43. The maximum absolute atomic E-state index is 8.98. The fourth-order valence-corrected chi connectivity index (χ4v) is 1.47. The maximum atomic E-state index is 8.98. The summed E-state index contributed by atoms with van der Waals surface area (Å²) in [6, 6.07) is 0. The molecule has 0 radical (unpaired) electrons. The molecule has 3 nitrogen and oxygen atoms in total. The number of nitrogens with zero attached hydrogens (tertiary/aromatic N) is 1. The minimum atomic E-state index is 0.176. The number of nitrogens with two attached hydrogens (primary N) is 1. The maximum Gasteiger partial charge on any atom is 0.0606 e. The van der Waals surface area contributed by atoms with Crippen molar-refractivity contribution in [1.29, 1.82) is 0 Å². The van der Waals surface area contributed by atoms with Crippen LogP contribution in [-0.4, -0.2) is 29.7 Å². The van der Waals surface area contributed by atoms with Crippen LogP contribution in [0.3, 0.4) is 0 Å². The van der Waals surface area contributed by atoms with Gasteiger partial charge in [-0.1, -0.05) is 19.1 Å². The van der Waals surface area contributed by atoms with E-state index < -0.39 is 0 Å². The number of allylic oxidation sites excluding steroid dienone is 4. The molecule has 0 aromatic heterocycles. The quantitative estimate of drug-likeness (QED) is 0.490. The lowest BCUT2D eigenvalue weighted by Crippen LogP contribution is -2.25. The average molecular weight is 224 g/mol. The number of likely N-dealkylation sites (N-methyl/N-ethyl adjacent to an activating group) is 1. The molecule has 0 spiro atoms. The van der Waals surface area contributed by atoms with Gasteiger partial charge in [0, 0.05) is 25.2 Å². The fraction of sp³-hybridized carbons (Fsp3) is 0.538. The topological polar surface area (TPSA) is 49.5 Å². The van der Waals surface area contributed by atoms with Crippen LogP contribution in [0.4, 0.5) is 0 Å². The molecule has 0 aromatic carbocycles. The third kappa shape index (κ3) is 6.30. The van der Waals surface area contributed by atoms with Crippen molar-refractivity contribution in [2.24, 2.45) is 5.73 Å². The fourth-order valence-electron chi connectivity index (χ4n) is 1.47. The molecular weight excluding hydrogens is 200 g/mol. The Balaban J connectivity index is 4.55. The molecule has 0 saturated heterocycles. The Labute approximate surface area is 98.9 Å². The molecule has 0 heterocycles. The SMILES string of the molecule is CC/C=C\C/C(=C\C=C\N)N(CC)CCO. The Bertz CT molecular complexity index is 244. The Kier molecular flexibility index (Phi) is 9.52. The second-order valence-corrected chi connectivity index (χ2v) is 3.43. The highest BCUT2D eigenvalue weighted by Gasteiger charge is 2.04. The van der Waals surface area contributed by atoms with Gasteiger partial charge in [0.1, 0.15) is 0 Å². The van der Waals surface area contributed by atoms with Crippen LogP contribution in [-0.2, 0) is 0 Å². The molecule has 0 aliphatic heterocycles. The highest BCUT2D eigenvalue weighted by molar-refractivity contribution is 5.14. The van der Waals surface area contributed by atoms with Crippen LogP contribution in [0.1, 0.15) is 26.7 Å². The molecule has 0 fully saturated rings. The van der Waals surface area contributed by atoms with Gasteiger partial charge in [0.15, 0.2) is 0 Å². The molecule has 3 N–H and O–H groups in total. The van der Waals surface area contributed by atoms with Crippen molar-refractivity contribution in [1.82, 2.24) is 4.90 Å². The minimum Gasteiger partial charge on any atom is -0.405 e. The van der Waals surface area contributed by atoms with Gasteiger partial charge in [0.05, 0.1) is 6.61 Å². The molecule has 3 heteroatoms. The summed E-state index contributed by atoms with van der Waals surface area (Å²) in [5, 5.41) is 8.98. The first kappa shape index (κ1) is 14.8. The highest BCUT2D eigenvalue weighted by atomic mass is 16.3. The van der Waals surface area contributed by atoms with E-state index in [2.05, 4.69) is 30.9 Å². The van der Waals surface area contributed by atoms with Gasteiger partial charge in [-0.2, -0.15) is 0 Å². The van der Waals surface area contributed by atoms with Gasteiger partial charge in [0.25, 0.3) is 0 Å². The van der Waals surface area contributed by atoms with Gasteiger partial charge in [0.2, 0.25) is 0 Å². The van der Waals surface area contributed by atoms with E-state index in [0.717, 1.165) is 19.4 Å². The zero-order valence-electron chi connectivity index (χ0n) is 10.4. The van der Waals surface area contributed by atoms with E-state index in [9.17, 15) is 0 Å². The Morgan fingerprint density at radius 3 is 2.56 bits per heavy atom. The number of aliphatic hydroxyl groups excluding tert-OH is 1. The summed E-state index contributed by atoms with van der Waals surface area (Å²) in [4.78, 5) is 2.15. The molecule has 0 saturated carbocycles. The van der Waals surface area contributed by atoms with Gasteiger partial charge in [-0.15, -0.1) is 0 Å². The smallest absolute Gasteiger partial charge is 0.0606 e. The van der Waals surface area contributed by atoms with Crippen LogP contribution in [0.2, 0.25) is 0 Å². The Morgan fingerprint density at radius 1 is 1.31 bits per heavy atom. The molecular formula is C13H24N2O. The van der Waals surface area contributed by atoms with E-state index in [-0.39, 0.29) is 6.61 Å². The van der Waals surface area contributed by atoms with E-state index in [1.165, 1.54) is 11.9 Å². The summed E-state index contributed by atoms with van der Waals surface area (Å²) < 4.78 is 0. The van der Waals surface area contributed by atoms with Crippen LogP contribution >= 0.6 is 0 Å². The lowest BCUT2D eigenvalue weighted by molar-refractivity contribution is 0.229. The second kappa shape index (κ2) is 10.3. The number of hydrogen-bond acceptors (Lipinski definition) is 3. The molecule has 92 valence electrons. The zero-order valence-corrected chi connectivity index (χ0v) is 10.4. The van der Waals surface area contributed by atoms with Crippen LogP contribution in [0, 0.1) is 0 Å². The molecule has 0 unspecified atom stereocenters. The first-order valence-electron chi connectivity index (χ1n) is 5.88. The molecule has 0 aliphatic carbocycles. The lowest BCUT2D eigenvalue weighted by atomic mass is 10.2. The normalized spacial score (nSPS) is 12.8. The largest absolute Gasteiger partial charge is 0.405 e. The van der Waals surface area contributed by atoms with Crippen LogP contribution in [0.25, 0.3) is 0 Å². The summed E-state index contributed by atoms with van der Waals surface area (Å²) in [5.41, 5.74) is 6.52. The summed E-state index contributed by atoms with van der Waals surface area (Å²) >= 11 is 0. The zero-order chi connectivity index (χ0) is 12.2. The van der Waals surface area contributed by atoms with Gasteiger partial charge in [-0.25, -0.2) is 0 Å². The molecule has 0 atom stereocenters. The van der Waals surface area contributed by atoms with Crippen molar-refractivity contribution >= 4 is 0 Å². The van der Waals surface area contributed by atoms with E-state index >= 15 is 0 Å². The van der Waals surface area contributed by atoms with E-state index in [1.54, 1.807) is 0 Å². The van der Waals surface area contributed by atoms with E-state index in [1.807, 2.05) is 12.2 Å². The van der Waals surface area contributed by atoms with Gasteiger partial charge < -0.3 is 15.7 Å². The van der Waals surface area contributed by atoms with Crippen LogP contribution < -0.4 is 5.73 Å². The van der Waals surface area contributed by atoms with Crippen molar-refractivity contribution in [2.75, 3.05) is 19.7 Å². The predicted molar refractivity (Wildman–Crippen MR) is 69.8 cm³/mol. The van der Waals surface area contributed by atoms with Crippen molar-refractivity contribution in [3.63, 3.8) is 0 Å². The van der Waals surface area contributed by atoms with Gasteiger partial charge in [-0.3, -0.25) is 0 Å². The van der Waals surface area contributed by atoms with Crippen LogP contribution in [0.15, 0.2) is 36.2 Å². The number of hydrogen-bond donors (Lipinski definition) is 2. The van der Waals surface area contributed by atoms with E-state index in [0.29, 0.717) is 6.54 Å². The van der Waals surface area contributed by atoms with E-state index in [4.69, 9.17) is 10.8 Å². The molecule has 0 amide bonds. The Hall–Kier alpha value is -1.22. The Morgan fingerprint density at radius 2 is 2.06 bits per heavy atom. The molecule has 0 aliphatic rings. The first-order chi connectivity index (χ1) is 7.79. The molecule has 0 bridgehead atoms. The molecule has 16 heavy (non-hydrogen) atoms. The summed E-state index contributed by atoms with van der Waals surface area (Å²) in [5.74, 6) is 0. The summed E-state index contributed by atoms with van der Waals surface area (Å²) in [6.07, 6.45) is 11.6. The van der Waals surface area contributed by atoms with Crippen molar-refractivity contribution in [2.45, 2.75) is 26.7 Å². The third-order valence-electron chi connectivity index (χ3n) is 2.29. The first-order valence-corrected chi connectivity index (χ1v) is 5.88. The molecule has 0 rings (SSSR count). The number of rotatable bonds is 8. The monoisotopic (exact) mass is 224 g/mol. The summed E-state index contributed by atoms with van der Waals surface area (Å²) in [6.45, 7) is 5.94.